The average Bonchev–Trinajstić information content (AvgIpc) is 3.05. The highest BCUT2D eigenvalue weighted by atomic mass is 32.1. The number of piperidine rings is 1. The van der Waals surface area contributed by atoms with Crippen molar-refractivity contribution in [2.75, 3.05) is 31.1 Å². The van der Waals surface area contributed by atoms with Gasteiger partial charge in [-0.15, -0.1) is 11.3 Å². The number of rotatable bonds is 1. The van der Waals surface area contributed by atoms with Crippen molar-refractivity contribution >= 4 is 27.4 Å². The van der Waals surface area contributed by atoms with E-state index in [1.165, 1.54) is 24.2 Å². The Hall–Kier alpha value is -1.20. The summed E-state index contributed by atoms with van der Waals surface area (Å²) in [6.07, 6.45) is 2.98. The molecule has 0 bridgehead atoms. The lowest BCUT2D eigenvalue weighted by atomic mass is 9.89. The largest absolute Gasteiger partial charge is 0.355 e. The Morgan fingerprint density at radius 3 is 3.22 bits per heavy atom. The van der Waals surface area contributed by atoms with E-state index in [1.54, 1.807) is 17.7 Å². The maximum atomic E-state index is 4.52. The third-order valence-corrected chi connectivity index (χ3v) is 5.13. The Bertz CT molecular complexity index is 567. The fourth-order valence-corrected chi connectivity index (χ4v) is 4.09. The first kappa shape index (κ1) is 10.7. The highest BCUT2D eigenvalue weighted by Crippen LogP contribution is 2.33. The predicted octanol–water partition coefficient (Wildman–Crippen LogP) is 1.74. The Kier molecular flexibility index (Phi) is 2.48. The van der Waals surface area contributed by atoms with E-state index in [2.05, 4.69) is 31.6 Å². The van der Waals surface area contributed by atoms with Crippen molar-refractivity contribution in [3.05, 3.63) is 17.8 Å². The van der Waals surface area contributed by atoms with Crippen LogP contribution < -0.4 is 10.2 Å². The molecule has 0 saturated carbocycles. The number of thiophene rings is 1. The third-order valence-electron chi connectivity index (χ3n) is 4.23. The summed E-state index contributed by atoms with van der Waals surface area (Å²) in [7, 11) is 0. The number of nitrogens with zero attached hydrogens (tertiary/aromatic N) is 3. The molecule has 2 aliphatic heterocycles. The molecule has 2 aliphatic rings. The Morgan fingerprint density at radius 2 is 2.22 bits per heavy atom. The molecule has 2 atom stereocenters. The highest BCUT2D eigenvalue weighted by molar-refractivity contribution is 7.17. The molecule has 0 aliphatic carbocycles. The number of fused-ring (bicyclic) bond motifs is 2. The number of anilines is 1. The molecule has 0 radical (unpaired) electrons. The molecule has 2 saturated heterocycles. The molecule has 4 nitrogen and oxygen atoms in total. The second kappa shape index (κ2) is 4.17. The first-order valence-electron chi connectivity index (χ1n) is 6.55. The molecule has 94 valence electrons. The van der Waals surface area contributed by atoms with Crippen molar-refractivity contribution in [2.45, 2.75) is 6.42 Å². The zero-order chi connectivity index (χ0) is 11.9. The molecule has 4 rings (SSSR count). The topological polar surface area (TPSA) is 41.1 Å². The van der Waals surface area contributed by atoms with Crippen LogP contribution in [-0.4, -0.2) is 36.1 Å². The molecule has 5 heteroatoms. The normalized spacial score (nSPS) is 27.7. The first-order chi connectivity index (χ1) is 8.92. The minimum Gasteiger partial charge on any atom is -0.355 e. The van der Waals surface area contributed by atoms with Gasteiger partial charge in [-0.2, -0.15) is 0 Å². The maximum Gasteiger partial charge on any atom is 0.150 e. The van der Waals surface area contributed by atoms with Crippen molar-refractivity contribution < 1.29 is 0 Å². The van der Waals surface area contributed by atoms with Crippen LogP contribution in [0.2, 0.25) is 0 Å². The summed E-state index contributed by atoms with van der Waals surface area (Å²) >= 11 is 1.75. The van der Waals surface area contributed by atoms with E-state index in [1.807, 2.05) is 0 Å². The van der Waals surface area contributed by atoms with E-state index < -0.39 is 0 Å². The second-order valence-corrected chi connectivity index (χ2v) is 6.16. The molecule has 2 aromatic rings. The smallest absolute Gasteiger partial charge is 0.150 e. The Labute approximate surface area is 110 Å². The summed E-state index contributed by atoms with van der Waals surface area (Å²) in [6.45, 7) is 4.64. The number of hydrogen-bond donors (Lipinski definition) is 1. The summed E-state index contributed by atoms with van der Waals surface area (Å²) in [6, 6.07) is 2.08. The van der Waals surface area contributed by atoms with Gasteiger partial charge in [0.25, 0.3) is 0 Å². The lowest BCUT2D eigenvalue weighted by Gasteiger charge is -2.35. The van der Waals surface area contributed by atoms with Crippen LogP contribution in [0.4, 0.5) is 5.82 Å². The number of aromatic nitrogens is 2. The van der Waals surface area contributed by atoms with Gasteiger partial charge >= 0.3 is 0 Å². The molecular weight excluding hydrogens is 244 g/mol. The van der Waals surface area contributed by atoms with Crippen LogP contribution in [0.1, 0.15) is 6.42 Å². The van der Waals surface area contributed by atoms with Crippen LogP contribution in [0.25, 0.3) is 10.2 Å². The van der Waals surface area contributed by atoms with Crippen LogP contribution in [0, 0.1) is 11.8 Å². The highest BCUT2D eigenvalue weighted by Gasteiger charge is 2.33. The quantitative estimate of drug-likeness (QED) is 0.848. The van der Waals surface area contributed by atoms with Gasteiger partial charge in [0.1, 0.15) is 12.1 Å². The SMILES string of the molecule is c1nc(N2CCC3CNCC3C2)c2sccc2n1. The van der Waals surface area contributed by atoms with Crippen LogP contribution in [-0.2, 0) is 0 Å². The van der Waals surface area contributed by atoms with E-state index in [0.717, 1.165) is 36.3 Å². The molecule has 0 amide bonds. The molecule has 1 N–H and O–H groups in total. The van der Waals surface area contributed by atoms with Crippen molar-refractivity contribution in [2.24, 2.45) is 11.8 Å². The van der Waals surface area contributed by atoms with Crippen LogP contribution in [0.3, 0.4) is 0 Å². The zero-order valence-corrected chi connectivity index (χ0v) is 11.0. The minimum atomic E-state index is 0.795. The van der Waals surface area contributed by atoms with E-state index >= 15 is 0 Å². The molecule has 0 spiro atoms. The first-order valence-corrected chi connectivity index (χ1v) is 7.43. The standard InChI is InChI=1S/C13H16N4S/c1-3-17(7-10-6-14-5-9(1)10)13-12-11(2-4-18-12)15-8-16-13/h2,4,8-10,14H,1,3,5-7H2. The molecule has 2 fully saturated rings. The van der Waals surface area contributed by atoms with Gasteiger partial charge in [-0.05, 0) is 42.8 Å². The van der Waals surface area contributed by atoms with Gasteiger partial charge in [0, 0.05) is 13.1 Å². The van der Waals surface area contributed by atoms with Crippen molar-refractivity contribution in [1.82, 2.24) is 15.3 Å². The monoisotopic (exact) mass is 260 g/mol. The summed E-state index contributed by atoms with van der Waals surface area (Å²) < 4.78 is 1.24. The van der Waals surface area contributed by atoms with E-state index in [-0.39, 0.29) is 0 Å². The van der Waals surface area contributed by atoms with Crippen molar-refractivity contribution in [1.29, 1.82) is 0 Å². The fraction of sp³-hybridized carbons (Fsp3) is 0.538. The van der Waals surface area contributed by atoms with Crippen LogP contribution >= 0.6 is 11.3 Å². The molecule has 0 aromatic carbocycles. The molecule has 2 aromatic heterocycles. The van der Waals surface area contributed by atoms with Gasteiger partial charge in [0.2, 0.25) is 0 Å². The fourth-order valence-electron chi connectivity index (χ4n) is 3.23. The van der Waals surface area contributed by atoms with Gasteiger partial charge in [-0.1, -0.05) is 0 Å². The van der Waals surface area contributed by atoms with Crippen LogP contribution in [0.5, 0.6) is 0 Å². The van der Waals surface area contributed by atoms with Gasteiger partial charge in [-0.25, -0.2) is 9.97 Å². The van der Waals surface area contributed by atoms with Crippen molar-refractivity contribution in [3.63, 3.8) is 0 Å². The zero-order valence-electron chi connectivity index (χ0n) is 10.2. The summed E-state index contributed by atoms with van der Waals surface area (Å²) in [5.74, 6) is 2.81. The van der Waals surface area contributed by atoms with Gasteiger partial charge in [0.05, 0.1) is 10.2 Å². The molecule has 2 unspecified atom stereocenters. The van der Waals surface area contributed by atoms with E-state index in [4.69, 9.17) is 0 Å². The van der Waals surface area contributed by atoms with Gasteiger partial charge in [0.15, 0.2) is 0 Å². The Morgan fingerprint density at radius 1 is 1.28 bits per heavy atom. The maximum absolute atomic E-state index is 4.52. The van der Waals surface area contributed by atoms with Gasteiger partial charge < -0.3 is 10.2 Å². The summed E-state index contributed by atoms with van der Waals surface area (Å²) in [5.41, 5.74) is 1.08. The molecule has 4 heterocycles. The molecule has 18 heavy (non-hydrogen) atoms. The lowest BCUT2D eigenvalue weighted by molar-refractivity contribution is 0.348. The summed E-state index contributed by atoms with van der Waals surface area (Å²) in [5, 5.41) is 5.62. The average molecular weight is 260 g/mol. The van der Waals surface area contributed by atoms with Crippen LogP contribution in [0.15, 0.2) is 17.8 Å². The predicted molar refractivity (Wildman–Crippen MR) is 74.1 cm³/mol. The molecular formula is C13H16N4S. The number of nitrogens with one attached hydrogen (secondary N) is 1. The number of hydrogen-bond acceptors (Lipinski definition) is 5. The summed E-state index contributed by atoms with van der Waals surface area (Å²) in [4.78, 5) is 11.3. The van der Waals surface area contributed by atoms with E-state index in [9.17, 15) is 0 Å². The van der Waals surface area contributed by atoms with Crippen molar-refractivity contribution in [3.8, 4) is 0 Å². The second-order valence-electron chi connectivity index (χ2n) is 5.25. The minimum absolute atomic E-state index is 0.795. The van der Waals surface area contributed by atoms with Gasteiger partial charge in [-0.3, -0.25) is 0 Å². The third kappa shape index (κ3) is 1.61. The van der Waals surface area contributed by atoms with E-state index in [0.29, 0.717) is 0 Å². The lowest BCUT2D eigenvalue weighted by Crippen LogP contribution is -2.40. The Balaban J connectivity index is 1.68.